The van der Waals surface area contributed by atoms with E-state index in [1.165, 1.54) is 53.7 Å². The predicted molar refractivity (Wildman–Crippen MR) is 157 cm³/mol. The molecule has 2 aromatic carbocycles. The molecule has 3 aliphatic rings. The number of carboxylic acids is 1. The first-order chi connectivity index (χ1) is 20.7. The van der Waals surface area contributed by atoms with Gasteiger partial charge in [-0.3, -0.25) is 14.8 Å². The number of esters is 1. The van der Waals surface area contributed by atoms with Crippen LogP contribution in [0.5, 0.6) is 0 Å². The van der Waals surface area contributed by atoms with Crippen molar-refractivity contribution in [3.05, 3.63) is 104 Å². The second kappa shape index (κ2) is 11.5. The molecule has 1 unspecified atom stereocenters. The topological polar surface area (TPSA) is 128 Å². The number of fused-ring (bicyclic) bond motifs is 1. The molecule has 0 saturated carbocycles. The lowest BCUT2D eigenvalue weighted by Gasteiger charge is -2.34. The van der Waals surface area contributed by atoms with Crippen molar-refractivity contribution in [3.63, 3.8) is 0 Å². The van der Waals surface area contributed by atoms with Crippen LogP contribution in [0.1, 0.15) is 27.0 Å². The summed E-state index contributed by atoms with van der Waals surface area (Å²) < 4.78 is 19.1. The molecule has 3 aliphatic heterocycles. The smallest absolute Gasteiger partial charge is 0.338 e. The lowest BCUT2D eigenvalue weighted by molar-refractivity contribution is -0.136. The lowest BCUT2D eigenvalue weighted by atomic mass is 9.95. The van der Waals surface area contributed by atoms with Crippen molar-refractivity contribution in [2.75, 3.05) is 38.2 Å². The number of hydrogen-bond acceptors (Lipinski definition) is 9. The standard InChI is InChI=1S/C29H24ClFN6O5S/c1-42-28(40)23-22(33-25(26-32-7-10-43-26)34-24(23)20-6-5-17(31)12-21(20)30)15-35-8-9-36-19(13-35)14-37(29(36)41)18-4-2-3-16(11-18)27(38)39/h2-7,10-13,24H,8-9,14-15H2,1H3,(H,33,34)(H,38,39). The first-order valence-corrected chi connectivity index (χ1v) is 14.4. The highest BCUT2D eigenvalue weighted by Crippen LogP contribution is 2.37. The average Bonchev–Trinajstić information content (AvgIpc) is 3.65. The van der Waals surface area contributed by atoms with Gasteiger partial charge in [-0.15, -0.1) is 11.3 Å². The number of aromatic nitrogens is 1. The molecule has 3 aromatic rings. The van der Waals surface area contributed by atoms with Crippen LogP contribution in [0, 0.1) is 5.82 Å². The van der Waals surface area contributed by atoms with Crippen molar-refractivity contribution in [3.8, 4) is 0 Å². The summed E-state index contributed by atoms with van der Waals surface area (Å²) in [5, 5.41) is 15.1. The number of aliphatic imine (C=N–C) groups is 1. The Hall–Kier alpha value is -4.75. The number of methoxy groups -OCH3 is 1. The summed E-state index contributed by atoms with van der Waals surface area (Å²) in [4.78, 5) is 52.2. The minimum Gasteiger partial charge on any atom is -0.478 e. The van der Waals surface area contributed by atoms with Crippen LogP contribution in [0.2, 0.25) is 5.02 Å². The summed E-state index contributed by atoms with van der Waals surface area (Å²) in [7, 11) is 1.27. The van der Waals surface area contributed by atoms with Crippen molar-refractivity contribution < 1.29 is 28.6 Å². The van der Waals surface area contributed by atoms with E-state index < -0.39 is 23.8 Å². The molecule has 1 saturated heterocycles. The molecule has 11 nitrogen and oxygen atoms in total. The van der Waals surface area contributed by atoms with Crippen LogP contribution in [0.4, 0.5) is 14.9 Å². The van der Waals surface area contributed by atoms with Crippen LogP contribution < -0.4 is 10.2 Å². The third-order valence-electron chi connectivity index (χ3n) is 7.26. The van der Waals surface area contributed by atoms with Crippen molar-refractivity contribution >= 4 is 52.4 Å². The number of rotatable bonds is 7. The molecule has 43 heavy (non-hydrogen) atoms. The van der Waals surface area contributed by atoms with Gasteiger partial charge in [-0.25, -0.2) is 23.8 Å². The molecule has 0 bridgehead atoms. The zero-order valence-corrected chi connectivity index (χ0v) is 24.2. The highest BCUT2D eigenvalue weighted by molar-refractivity contribution is 7.11. The summed E-state index contributed by atoms with van der Waals surface area (Å²) in [6.07, 6.45) is 3.49. The van der Waals surface area contributed by atoms with Crippen LogP contribution in [0.25, 0.3) is 0 Å². The highest BCUT2D eigenvalue weighted by atomic mass is 35.5. The largest absolute Gasteiger partial charge is 0.478 e. The van der Waals surface area contributed by atoms with Crippen molar-refractivity contribution in [1.29, 1.82) is 0 Å². The maximum Gasteiger partial charge on any atom is 0.338 e. The number of thiazole rings is 1. The Labute approximate surface area is 254 Å². The molecule has 0 aliphatic carbocycles. The van der Waals surface area contributed by atoms with Crippen LogP contribution in [-0.2, 0) is 9.53 Å². The molecule has 14 heteroatoms. The van der Waals surface area contributed by atoms with E-state index >= 15 is 0 Å². The molecule has 2 amide bonds. The Morgan fingerprint density at radius 3 is 2.77 bits per heavy atom. The SMILES string of the molecule is COC(=O)C1=C(CN2C=C3CN(c4cccc(C(=O)O)c4)C(=O)N3CC2)NC(c2nccs2)=NC1c1ccc(F)cc1Cl. The number of nitrogens with one attached hydrogen (secondary N) is 1. The third kappa shape index (κ3) is 5.44. The first-order valence-electron chi connectivity index (χ1n) is 13.1. The van der Waals surface area contributed by atoms with Gasteiger partial charge < -0.3 is 20.1 Å². The Balaban J connectivity index is 1.34. The lowest BCUT2D eigenvalue weighted by Crippen LogP contribution is -2.43. The molecule has 0 radical (unpaired) electrons. The third-order valence-corrected chi connectivity index (χ3v) is 8.37. The zero-order chi connectivity index (χ0) is 30.2. The number of nitrogens with zero attached hydrogens (tertiary/aromatic N) is 5. The molecule has 0 spiro atoms. The number of benzene rings is 2. The Morgan fingerprint density at radius 1 is 1.21 bits per heavy atom. The number of halogens is 2. The van der Waals surface area contributed by atoms with Gasteiger partial charge in [0.15, 0.2) is 10.8 Å². The Bertz CT molecular complexity index is 1730. The van der Waals surface area contributed by atoms with Gasteiger partial charge in [0, 0.05) is 52.8 Å². The Kier molecular flexibility index (Phi) is 7.59. The maximum atomic E-state index is 13.9. The van der Waals surface area contributed by atoms with E-state index in [2.05, 4.69) is 10.3 Å². The molecule has 1 fully saturated rings. The number of carboxylic acid groups (broad SMARTS) is 1. The van der Waals surface area contributed by atoms with E-state index in [1.54, 1.807) is 28.6 Å². The monoisotopic (exact) mass is 622 g/mol. The van der Waals surface area contributed by atoms with Crippen LogP contribution >= 0.6 is 22.9 Å². The van der Waals surface area contributed by atoms with E-state index in [1.807, 2.05) is 11.1 Å². The summed E-state index contributed by atoms with van der Waals surface area (Å²) in [6.45, 7) is 1.30. The molecule has 1 atom stereocenters. The predicted octanol–water partition coefficient (Wildman–Crippen LogP) is 4.25. The van der Waals surface area contributed by atoms with Crippen molar-refractivity contribution in [2.45, 2.75) is 6.04 Å². The summed E-state index contributed by atoms with van der Waals surface area (Å²) in [5.41, 5.74) is 2.44. The fraction of sp³-hybridized carbons (Fsp3) is 0.207. The zero-order valence-electron chi connectivity index (χ0n) is 22.7. The second-order valence-electron chi connectivity index (χ2n) is 9.86. The number of anilines is 1. The summed E-state index contributed by atoms with van der Waals surface area (Å²) >= 11 is 7.80. The normalized spacial score (nSPS) is 18.3. The van der Waals surface area contributed by atoms with Gasteiger partial charge in [0.1, 0.15) is 11.9 Å². The minimum absolute atomic E-state index is 0.0879. The number of ether oxygens (including phenoxy) is 1. The quantitative estimate of drug-likeness (QED) is 0.375. The average molecular weight is 623 g/mol. The van der Waals surface area contributed by atoms with Crippen molar-refractivity contribution in [2.24, 2.45) is 4.99 Å². The molecule has 4 heterocycles. The Morgan fingerprint density at radius 2 is 2.05 bits per heavy atom. The number of amidine groups is 1. The van der Waals surface area contributed by atoms with Gasteiger partial charge in [0.25, 0.3) is 0 Å². The van der Waals surface area contributed by atoms with E-state index in [-0.39, 0.29) is 35.3 Å². The summed E-state index contributed by atoms with van der Waals surface area (Å²) in [5.74, 6) is -1.79. The van der Waals surface area contributed by atoms with E-state index in [0.29, 0.717) is 40.9 Å². The van der Waals surface area contributed by atoms with Crippen molar-refractivity contribution in [1.82, 2.24) is 20.1 Å². The number of aromatic carboxylic acids is 1. The van der Waals surface area contributed by atoms with Gasteiger partial charge in [-0.1, -0.05) is 23.7 Å². The fourth-order valence-corrected chi connectivity index (χ4v) is 6.10. The number of carbonyl (C=O) groups is 3. The molecular weight excluding hydrogens is 599 g/mol. The minimum atomic E-state index is -1.08. The van der Waals surface area contributed by atoms with Crippen LogP contribution in [0.3, 0.4) is 0 Å². The van der Waals surface area contributed by atoms with Gasteiger partial charge in [0.05, 0.1) is 37.0 Å². The molecule has 6 rings (SSSR count). The van der Waals surface area contributed by atoms with E-state index in [4.69, 9.17) is 21.3 Å². The number of urea groups is 1. The first kappa shape index (κ1) is 28.4. The second-order valence-corrected chi connectivity index (χ2v) is 11.2. The van der Waals surface area contributed by atoms with Gasteiger partial charge in [0.2, 0.25) is 0 Å². The van der Waals surface area contributed by atoms with Gasteiger partial charge in [-0.2, -0.15) is 0 Å². The molecular formula is C29H24ClFN6O5S. The number of carbonyl (C=O) groups excluding carboxylic acids is 2. The van der Waals surface area contributed by atoms with Crippen LogP contribution in [-0.4, -0.2) is 77.0 Å². The van der Waals surface area contributed by atoms with Gasteiger partial charge >= 0.3 is 18.0 Å². The van der Waals surface area contributed by atoms with Crippen LogP contribution in [0.15, 0.2) is 82.2 Å². The number of amides is 2. The maximum absolute atomic E-state index is 13.9. The molecule has 2 N–H and O–H groups in total. The van der Waals surface area contributed by atoms with E-state index in [9.17, 15) is 23.9 Å². The molecule has 220 valence electrons. The fourth-order valence-electron chi connectivity index (χ4n) is 5.24. The molecule has 1 aromatic heterocycles. The van der Waals surface area contributed by atoms with Gasteiger partial charge in [-0.05, 0) is 30.3 Å². The van der Waals surface area contributed by atoms with E-state index in [0.717, 1.165) is 5.70 Å². The number of hydrogen-bond donors (Lipinski definition) is 2. The highest BCUT2D eigenvalue weighted by Gasteiger charge is 2.38. The summed E-state index contributed by atoms with van der Waals surface area (Å²) in [6, 6.07) is 9.02.